The van der Waals surface area contributed by atoms with Crippen molar-refractivity contribution in [2.75, 3.05) is 17.6 Å². The highest BCUT2D eigenvalue weighted by atomic mass is 35.5. The van der Waals surface area contributed by atoms with E-state index in [2.05, 4.69) is 10.6 Å². The van der Waals surface area contributed by atoms with E-state index in [9.17, 15) is 18.0 Å². The van der Waals surface area contributed by atoms with Crippen LogP contribution in [-0.2, 0) is 9.84 Å². The number of nitrogens with one attached hydrogen (secondary N) is 2. The molecule has 0 saturated heterocycles. The molecule has 0 heterocycles. The summed E-state index contributed by atoms with van der Waals surface area (Å²) in [5.74, 6) is -1.02. The van der Waals surface area contributed by atoms with Gasteiger partial charge in [-0.05, 0) is 54.6 Å². The van der Waals surface area contributed by atoms with Crippen LogP contribution in [0.5, 0.6) is 0 Å². The molecule has 160 valence electrons. The fourth-order valence-corrected chi connectivity index (χ4v) is 4.44. The lowest BCUT2D eigenvalue weighted by atomic mass is 10.1. The Hall–Kier alpha value is -2.87. The van der Waals surface area contributed by atoms with Crippen LogP contribution in [0.2, 0.25) is 10.0 Å². The molecule has 9 heteroatoms. The van der Waals surface area contributed by atoms with Crippen molar-refractivity contribution >= 4 is 50.5 Å². The van der Waals surface area contributed by atoms with Crippen molar-refractivity contribution in [1.29, 1.82) is 0 Å². The molecule has 3 aromatic carbocycles. The van der Waals surface area contributed by atoms with Crippen LogP contribution in [0.4, 0.5) is 5.69 Å². The summed E-state index contributed by atoms with van der Waals surface area (Å²) in [5, 5.41) is 5.97. The standard InChI is InChI=1S/C22H18Cl2N2O4S/c23-17-12-16(13-18(24)14-17)22(28)26-19-8-6-15(7-9-19)21(27)25-10-11-31(29,30)20-4-2-1-3-5-20/h1-9,12-14H,10-11H2,(H,25,27)(H,26,28). The van der Waals surface area contributed by atoms with Gasteiger partial charge in [0.05, 0.1) is 10.6 Å². The van der Waals surface area contributed by atoms with Crippen molar-refractivity contribution in [1.82, 2.24) is 5.32 Å². The molecular weight excluding hydrogens is 459 g/mol. The third kappa shape index (κ3) is 6.30. The summed E-state index contributed by atoms with van der Waals surface area (Å²) in [6, 6.07) is 18.8. The second-order valence-electron chi connectivity index (χ2n) is 6.58. The molecule has 31 heavy (non-hydrogen) atoms. The Morgan fingerprint density at radius 2 is 1.39 bits per heavy atom. The Labute approximate surface area is 190 Å². The molecule has 0 unspecified atom stereocenters. The van der Waals surface area contributed by atoms with E-state index in [1.807, 2.05) is 0 Å². The first kappa shape index (κ1) is 22.8. The van der Waals surface area contributed by atoms with Crippen LogP contribution in [0, 0.1) is 0 Å². The highest BCUT2D eigenvalue weighted by Gasteiger charge is 2.15. The molecule has 0 aliphatic rings. The average molecular weight is 477 g/mol. The summed E-state index contributed by atoms with van der Waals surface area (Å²) in [6.07, 6.45) is 0. The third-order valence-corrected chi connectivity index (χ3v) is 6.46. The van der Waals surface area contributed by atoms with Gasteiger partial charge in [0.25, 0.3) is 11.8 Å². The number of benzene rings is 3. The van der Waals surface area contributed by atoms with E-state index in [0.29, 0.717) is 26.9 Å². The number of anilines is 1. The van der Waals surface area contributed by atoms with Crippen LogP contribution < -0.4 is 10.6 Å². The maximum absolute atomic E-state index is 12.3. The number of halogens is 2. The first-order chi connectivity index (χ1) is 14.7. The predicted molar refractivity (Wildman–Crippen MR) is 122 cm³/mol. The summed E-state index contributed by atoms with van der Waals surface area (Å²) < 4.78 is 24.5. The van der Waals surface area contributed by atoms with Crippen molar-refractivity contribution in [3.63, 3.8) is 0 Å². The number of carbonyl (C=O) groups is 2. The maximum atomic E-state index is 12.3. The minimum absolute atomic E-state index is 0.0237. The Morgan fingerprint density at radius 3 is 2.00 bits per heavy atom. The van der Waals surface area contributed by atoms with Gasteiger partial charge in [0.15, 0.2) is 9.84 Å². The van der Waals surface area contributed by atoms with E-state index in [-0.39, 0.29) is 17.2 Å². The van der Waals surface area contributed by atoms with Crippen LogP contribution in [-0.4, -0.2) is 32.5 Å². The van der Waals surface area contributed by atoms with Gasteiger partial charge in [0.1, 0.15) is 0 Å². The zero-order valence-corrected chi connectivity index (χ0v) is 18.5. The lowest BCUT2D eigenvalue weighted by molar-refractivity contribution is 0.0955. The molecule has 0 bridgehead atoms. The minimum atomic E-state index is -3.47. The predicted octanol–water partition coefficient (Wildman–Crippen LogP) is 4.45. The van der Waals surface area contributed by atoms with Gasteiger partial charge in [-0.2, -0.15) is 0 Å². The molecule has 3 rings (SSSR count). The average Bonchev–Trinajstić information content (AvgIpc) is 2.74. The molecule has 0 spiro atoms. The van der Waals surface area contributed by atoms with Gasteiger partial charge in [-0.1, -0.05) is 41.4 Å². The van der Waals surface area contributed by atoms with E-state index >= 15 is 0 Å². The molecule has 0 aliphatic heterocycles. The minimum Gasteiger partial charge on any atom is -0.351 e. The fraction of sp³-hybridized carbons (Fsp3) is 0.0909. The Kier molecular flexibility index (Phi) is 7.33. The van der Waals surface area contributed by atoms with Crippen molar-refractivity contribution < 1.29 is 18.0 Å². The summed E-state index contributed by atoms with van der Waals surface area (Å²) >= 11 is 11.8. The molecule has 2 N–H and O–H groups in total. The normalized spacial score (nSPS) is 11.0. The molecular formula is C22H18Cl2N2O4S. The molecule has 3 aromatic rings. The van der Waals surface area contributed by atoms with Gasteiger partial charge < -0.3 is 10.6 Å². The molecule has 0 radical (unpaired) electrons. The van der Waals surface area contributed by atoms with Crippen molar-refractivity contribution in [2.45, 2.75) is 4.90 Å². The summed E-state index contributed by atoms with van der Waals surface area (Å²) in [4.78, 5) is 24.8. The van der Waals surface area contributed by atoms with Gasteiger partial charge in [-0.3, -0.25) is 9.59 Å². The highest BCUT2D eigenvalue weighted by Crippen LogP contribution is 2.20. The van der Waals surface area contributed by atoms with Crippen molar-refractivity contribution in [3.8, 4) is 0 Å². The topological polar surface area (TPSA) is 92.3 Å². The molecule has 2 amide bonds. The lowest BCUT2D eigenvalue weighted by Crippen LogP contribution is -2.29. The second kappa shape index (κ2) is 9.96. The summed E-state index contributed by atoms with van der Waals surface area (Å²) in [7, 11) is -3.47. The van der Waals surface area contributed by atoms with E-state index in [0.717, 1.165) is 0 Å². The van der Waals surface area contributed by atoms with Crippen molar-refractivity contribution in [2.24, 2.45) is 0 Å². The number of hydrogen-bond acceptors (Lipinski definition) is 4. The van der Waals surface area contributed by atoms with Gasteiger partial charge in [-0.25, -0.2) is 8.42 Å². The molecule has 0 aliphatic carbocycles. The molecule has 0 atom stereocenters. The largest absolute Gasteiger partial charge is 0.351 e. The van der Waals surface area contributed by atoms with E-state index in [1.54, 1.807) is 30.3 Å². The quantitative estimate of drug-likeness (QED) is 0.526. The molecule has 6 nitrogen and oxygen atoms in total. The van der Waals surface area contributed by atoms with Crippen LogP contribution in [0.25, 0.3) is 0 Å². The number of rotatable bonds is 7. The van der Waals surface area contributed by atoms with Gasteiger partial charge in [0, 0.05) is 33.4 Å². The zero-order chi connectivity index (χ0) is 22.4. The number of hydrogen-bond donors (Lipinski definition) is 2. The van der Waals surface area contributed by atoms with E-state index in [1.165, 1.54) is 42.5 Å². The number of amides is 2. The maximum Gasteiger partial charge on any atom is 0.255 e. The van der Waals surface area contributed by atoms with Gasteiger partial charge >= 0.3 is 0 Å². The van der Waals surface area contributed by atoms with E-state index < -0.39 is 21.7 Å². The van der Waals surface area contributed by atoms with E-state index in [4.69, 9.17) is 23.2 Å². The van der Waals surface area contributed by atoms with Crippen LogP contribution in [0.15, 0.2) is 77.7 Å². The van der Waals surface area contributed by atoms with Crippen LogP contribution in [0.3, 0.4) is 0 Å². The second-order valence-corrected chi connectivity index (χ2v) is 9.56. The number of sulfone groups is 1. The zero-order valence-electron chi connectivity index (χ0n) is 16.1. The SMILES string of the molecule is O=C(NCCS(=O)(=O)c1ccccc1)c1ccc(NC(=O)c2cc(Cl)cc(Cl)c2)cc1. The Balaban J connectivity index is 1.56. The monoisotopic (exact) mass is 476 g/mol. The van der Waals surface area contributed by atoms with Crippen LogP contribution in [0.1, 0.15) is 20.7 Å². The highest BCUT2D eigenvalue weighted by molar-refractivity contribution is 7.91. The molecule has 0 fully saturated rings. The lowest BCUT2D eigenvalue weighted by Gasteiger charge is -2.09. The Bertz CT molecular complexity index is 1180. The Morgan fingerprint density at radius 1 is 0.774 bits per heavy atom. The fourth-order valence-electron chi connectivity index (χ4n) is 2.74. The summed E-state index contributed by atoms with van der Waals surface area (Å²) in [5.41, 5.74) is 1.11. The first-order valence-corrected chi connectivity index (χ1v) is 11.6. The van der Waals surface area contributed by atoms with Gasteiger partial charge in [-0.15, -0.1) is 0 Å². The molecule has 0 aromatic heterocycles. The third-order valence-electron chi connectivity index (χ3n) is 4.29. The van der Waals surface area contributed by atoms with Crippen LogP contribution >= 0.6 is 23.2 Å². The van der Waals surface area contributed by atoms with Crippen molar-refractivity contribution in [3.05, 3.63) is 94.0 Å². The molecule has 0 saturated carbocycles. The summed E-state index contributed by atoms with van der Waals surface area (Å²) in [6.45, 7) is -0.0237. The first-order valence-electron chi connectivity index (χ1n) is 9.18. The van der Waals surface area contributed by atoms with Gasteiger partial charge in [0.2, 0.25) is 0 Å². The number of carbonyl (C=O) groups excluding carboxylic acids is 2. The smallest absolute Gasteiger partial charge is 0.255 e.